The second kappa shape index (κ2) is 7.33. The van der Waals surface area contributed by atoms with Gasteiger partial charge in [0, 0.05) is 19.6 Å². The van der Waals surface area contributed by atoms with E-state index in [1.807, 2.05) is 4.90 Å². The Labute approximate surface area is 123 Å². The lowest BCUT2D eigenvalue weighted by atomic mass is 10.2. The predicted molar refractivity (Wildman–Crippen MR) is 80.4 cm³/mol. The number of carbonyl (C=O) groups is 1. The number of nitrogen functional groups attached to an aromatic ring is 1. The number of likely N-dealkylation sites (tertiary alicyclic amines) is 1. The van der Waals surface area contributed by atoms with Crippen LogP contribution >= 0.6 is 11.8 Å². The van der Waals surface area contributed by atoms with Crippen LogP contribution in [-0.4, -0.2) is 44.4 Å². The molecule has 0 aliphatic carbocycles. The first-order chi connectivity index (χ1) is 9.72. The van der Waals surface area contributed by atoms with Crippen LogP contribution < -0.4 is 5.73 Å². The van der Waals surface area contributed by atoms with Crippen LogP contribution in [0.5, 0.6) is 0 Å². The second-order valence-corrected chi connectivity index (χ2v) is 5.77. The van der Waals surface area contributed by atoms with Crippen molar-refractivity contribution in [3.05, 3.63) is 12.7 Å². The average molecular weight is 295 g/mol. The first kappa shape index (κ1) is 14.9. The van der Waals surface area contributed by atoms with E-state index in [1.54, 1.807) is 10.6 Å². The third kappa shape index (κ3) is 3.75. The van der Waals surface area contributed by atoms with E-state index in [0.717, 1.165) is 25.9 Å². The van der Waals surface area contributed by atoms with Crippen molar-refractivity contribution >= 4 is 23.6 Å². The van der Waals surface area contributed by atoms with Crippen LogP contribution in [0.25, 0.3) is 0 Å². The number of carbonyl (C=O) groups excluding carboxylic acids is 1. The Kier molecular flexibility index (Phi) is 5.46. The van der Waals surface area contributed by atoms with Gasteiger partial charge < -0.3 is 10.6 Å². The molecule has 0 unspecified atom stereocenters. The molecule has 1 fully saturated rings. The van der Waals surface area contributed by atoms with Gasteiger partial charge in [-0.3, -0.25) is 9.36 Å². The van der Waals surface area contributed by atoms with Gasteiger partial charge in [-0.1, -0.05) is 30.7 Å². The molecule has 1 aromatic heterocycles. The van der Waals surface area contributed by atoms with Crippen LogP contribution in [-0.2, 0) is 11.3 Å². The average Bonchev–Trinajstić information content (AvgIpc) is 2.68. The van der Waals surface area contributed by atoms with Crippen molar-refractivity contribution in [1.29, 1.82) is 0 Å². The Hall–Kier alpha value is -1.50. The van der Waals surface area contributed by atoms with Crippen molar-refractivity contribution in [3.63, 3.8) is 0 Å². The summed E-state index contributed by atoms with van der Waals surface area (Å²) < 4.78 is 1.76. The molecule has 1 saturated heterocycles. The molecule has 0 bridgehead atoms. The van der Waals surface area contributed by atoms with Gasteiger partial charge in [0.2, 0.25) is 11.9 Å². The van der Waals surface area contributed by atoms with Gasteiger partial charge in [0.05, 0.1) is 5.75 Å². The largest absolute Gasteiger partial charge is 0.368 e. The van der Waals surface area contributed by atoms with E-state index in [4.69, 9.17) is 5.73 Å². The molecule has 0 radical (unpaired) electrons. The minimum atomic E-state index is 0.170. The van der Waals surface area contributed by atoms with Gasteiger partial charge in [0.25, 0.3) is 0 Å². The van der Waals surface area contributed by atoms with E-state index < -0.39 is 0 Å². The number of thioether (sulfide) groups is 1. The summed E-state index contributed by atoms with van der Waals surface area (Å²) in [7, 11) is 0. The quantitative estimate of drug-likeness (QED) is 0.658. The molecule has 0 atom stereocenters. The molecular weight excluding hydrogens is 274 g/mol. The van der Waals surface area contributed by atoms with Gasteiger partial charge in [0.15, 0.2) is 5.16 Å². The molecule has 2 rings (SSSR count). The molecule has 1 amide bonds. The van der Waals surface area contributed by atoms with Crippen molar-refractivity contribution < 1.29 is 4.79 Å². The highest BCUT2D eigenvalue weighted by Gasteiger charge is 2.17. The van der Waals surface area contributed by atoms with E-state index in [-0.39, 0.29) is 5.91 Å². The summed E-state index contributed by atoms with van der Waals surface area (Å²) in [5.74, 6) is 0.910. The van der Waals surface area contributed by atoms with Gasteiger partial charge in [-0.15, -0.1) is 16.8 Å². The van der Waals surface area contributed by atoms with Crippen LogP contribution in [0.4, 0.5) is 5.95 Å². The Bertz CT molecular complexity index is 465. The third-order valence-corrected chi connectivity index (χ3v) is 4.29. The molecule has 110 valence electrons. The number of anilines is 1. The maximum Gasteiger partial charge on any atom is 0.233 e. The SMILES string of the molecule is C=CCn1c(N)nnc1SCC(=O)N1CCCCCC1. The smallest absolute Gasteiger partial charge is 0.233 e. The van der Waals surface area contributed by atoms with Crippen LogP contribution in [0.15, 0.2) is 17.8 Å². The molecule has 6 nitrogen and oxygen atoms in total. The van der Waals surface area contributed by atoms with E-state index in [2.05, 4.69) is 16.8 Å². The lowest BCUT2D eigenvalue weighted by Gasteiger charge is -2.19. The number of amides is 1. The Morgan fingerprint density at radius 2 is 2.00 bits per heavy atom. The highest BCUT2D eigenvalue weighted by molar-refractivity contribution is 7.99. The summed E-state index contributed by atoms with van der Waals surface area (Å²) in [6.45, 7) is 5.99. The fourth-order valence-corrected chi connectivity index (χ4v) is 3.10. The van der Waals surface area contributed by atoms with Crippen LogP contribution in [0.2, 0.25) is 0 Å². The number of nitrogens with zero attached hydrogens (tertiary/aromatic N) is 4. The van der Waals surface area contributed by atoms with E-state index >= 15 is 0 Å². The molecule has 1 aliphatic rings. The minimum absolute atomic E-state index is 0.170. The summed E-state index contributed by atoms with van der Waals surface area (Å²) in [5, 5.41) is 8.51. The molecule has 0 spiro atoms. The highest BCUT2D eigenvalue weighted by atomic mass is 32.2. The van der Waals surface area contributed by atoms with Crippen molar-refractivity contribution in [1.82, 2.24) is 19.7 Å². The molecule has 2 N–H and O–H groups in total. The van der Waals surface area contributed by atoms with Crippen LogP contribution in [0, 0.1) is 0 Å². The maximum atomic E-state index is 12.2. The number of aromatic nitrogens is 3. The number of hydrogen-bond donors (Lipinski definition) is 1. The van der Waals surface area contributed by atoms with Crippen molar-refractivity contribution in [2.75, 3.05) is 24.6 Å². The lowest BCUT2D eigenvalue weighted by Crippen LogP contribution is -2.33. The molecule has 0 saturated carbocycles. The summed E-state index contributed by atoms with van der Waals surface area (Å²) in [4.78, 5) is 14.2. The molecule has 1 aromatic rings. The van der Waals surface area contributed by atoms with Gasteiger partial charge in [-0.25, -0.2) is 0 Å². The van der Waals surface area contributed by atoms with Crippen molar-refractivity contribution in [2.24, 2.45) is 0 Å². The fraction of sp³-hybridized carbons (Fsp3) is 0.615. The Balaban J connectivity index is 1.90. The van der Waals surface area contributed by atoms with E-state index in [9.17, 15) is 4.79 Å². The number of allylic oxidation sites excluding steroid dienone is 1. The van der Waals surface area contributed by atoms with E-state index in [1.165, 1.54) is 24.6 Å². The molecule has 2 heterocycles. The standard InChI is InChI=1S/C13H21N5OS/c1-2-7-18-12(14)15-16-13(18)20-10-11(19)17-8-5-3-4-6-9-17/h2H,1,3-10H2,(H2,14,15). The summed E-state index contributed by atoms with van der Waals surface area (Å²) in [6.07, 6.45) is 6.40. The number of rotatable bonds is 5. The molecular formula is C13H21N5OS. The molecule has 0 aromatic carbocycles. The normalized spacial score (nSPS) is 15.9. The van der Waals surface area contributed by atoms with E-state index in [0.29, 0.717) is 23.4 Å². The fourth-order valence-electron chi connectivity index (χ4n) is 2.25. The summed E-state index contributed by atoms with van der Waals surface area (Å²) >= 11 is 1.39. The van der Waals surface area contributed by atoms with Crippen LogP contribution in [0.3, 0.4) is 0 Å². The van der Waals surface area contributed by atoms with Gasteiger partial charge in [-0.05, 0) is 12.8 Å². The predicted octanol–water partition coefficient (Wildman–Crippen LogP) is 1.54. The Morgan fingerprint density at radius 3 is 2.65 bits per heavy atom. The van der Waals surface area contributed by atoms with Gasteiger partial charge in [0.1, 0.15) is 0 Å². The topological polar surface area (TPSA) is 77.0 Å². The summed E-state index contributed by atoms with van der Waals surface area (Å²) in [5.41, 5.74) is 5.73. The highest BCUT2D eigenvalue weighted by Crippen LogP contribution is 2.19. The second-order valence-electron chi connectivity index (χ2n) is 4.82. The third-order valence-electron chi connectivity index (χ3n) is 3.34. The summed E-state index contributed by atoms with van der Waals surface area (Å²) in [6, 6.07) is 0. The zero-order chi connectivity index (χ0) is 14.4. The van der Waals surface area contributed by atoms with Gasteiger partial charge >= 0.3 is 0 Å². The molecule has 7 heteroatoms. The first-order valence-electron chi connectivity index (χ1n) is 6.92. The number of hydrogen-bond acceptors (Lipinski definition) is 5. The van der Waals surface area contributed by atoms with Crippen molar-refractivity contribution in [2.45, 2.75) is 37.4 Å². The zero-order valence-electron chi connectivity index (χ0n) is 11.6. The first-order valence-corrected chi connectivity index (χ1v) is 7.91. The molecule has 1 aliphatic heterocycles. The zero-order valence-corrected chi connectivity index (χ0v) is 12.4. The van der Waals surface area contributed by atoms with Gasteiger partial charge in [-0.2, -0.15) is 0 Å². The monoisotopic (exact) mass is 295 g/mol. The van der Waals surface area contributed by atoms with Crippen LogP contribution in [0.1, 0.15) is 25.7 Å². The number of nitrogens with two attached hydrogens (primary N) is 1. The maximum absolute atomic E-state index is 12.2. The lowest BCUT2D eigenvalue weighted by molar-refractivity contribution is -0.128. The molecule has 20 heavy (non-hydrogen) atoms. The van der Waals surface area contributed by atoms with Crippen molar-refractivity contribution in [3.8, 4) is 0 Å². The Morgan fingerprint density at radius 1 is 1.30 bits per heavy atom. The minimum Gasteiger partial charge on any atom is -0.368 e.